The number of ether oxygens (including phenoxy) is 1. The molecule has 0 aromatic carbocycles. The molecular formula is C11H16O2. The molecule has 0 aromatic heterocycles. The molecule has 2 heteroatoms. The quantitative estimate of drug-likeness (QED) is 0.458. The van der Waals surface area contributed by atoms with Crippen molar-refractivity contribution in [2.24, 2.45) is 0 Å². The first-order chi connectivity index (χ1) is 6.22. The van der Waals surface area contributed by atoms with Crippen molar-refractivity contribution in [2.75, 3.05) is 0 Å². The molecule has 0 radical (unpaired) electrons. The minimum absolute atomic E-state index is 0.104. The molecule has 0 bridgehead atoms. The van der Waals surface area contributed by atoms with Gasteiger partial charge in [-0.25, -0.2) is 0 Å². The van der Waals surface area contributed by atoms with Crippen molar-refractivity contribution < 1.29 is 9.53 Å². The van der Waals surface area contributed by atoms with Crippen molar-refractivity contribution in [1.82, 2.24) is 0 Å². The SMILES string of the molecule is C=CC1CC(C)=CCCCC(=O)O1. The Kier molecular flexibility index (Phi) is 3.74. The molecule has 0 fully saturated rings. The molecule has 1 atom stereocenters. The number of carbonyl (C=O) groups excluding carboxylic acids is 1. The predicted molar refractivity (Wildman–Crippen MR) is 52.3 cm³/mol. The molecule has 0 saturated carbocycles. The Morgan fingerprint density at radius 2 is 2.46 bits per heavy atom. The van der Waals surface area contributed by atoms with Crippen molar-refractivity contribution in [3.63, 3.8) is 0 Å². The highest BCUT2D eigenvalue weighted by atomic mass is 16.5. The van der Waals surface area contributed by atoms with Crippen LogP contribution in [0.1, 0.15) is 32.6 Å². The molecule has 1 unspecified atom stereocenters. The molecular weight excluding hydrogens is 164 g/mol. The third kappa shape index (κ3) is 3.45. The van der Waals surface area contributed by atoms with Crippen LogP contribution in [-0.2, 0) is 9.53 Å². The van der Waals surface area contributed by atoms with Gasteiger partial charge in [-0.05, 0) is 19.8 Å². The summed E-state index contributed by atoms with van der Waals surface area (Å²) in [5.74, 6) is -0.104. The van der Waals surface area contributed by atoms with E-state index < -0.39 is 0 Å². The van der Waals surface area contributed by atoms with Crippen molar-refractivity contribution in [3.05, 3.63) is 24.3 Å². The zero-order chi connectivity index (χ0) is 9.68. The first kappa shape index (κ1) is 10.0. The van der Waals surface area contributed by atoms with Crippen molar-refractivity contribution >= 4 is 5.97 Å². The highest BCUT2D eigenvalue weighted by Gasteiger charge is 2.12. The standard InChI is InChI=1S/C11H16O2/c1-3-10-8-9(2)6-4-5-7-11(12)13-10/h3,6,10H,1,4-5,7-8H2,2H3. The molecule has 0 N–H and O–H groups in total. The maximum Gasteiger partial charge on any atom is 0.306 e. The van der Waals surface area contributed by atoms with Gasteiger partial charge in [-0.15, -0.1) is 0 Å². The number of allylic oxidation sites excluding steroid dienone is 1. The number of esters is 1. The van der Waals surface area contributed by atoms with Crippen LogP contribution in [0.15, 0.2) is 24.3 Å². The minimum atomic E-state index is -0.137. The van der Waals surface area contributed by atoms with Crippen LogP contribution in [0.5, 0.6) is 0 Å². The summed E-state index contributed by atoms with van der Waals surface area (Å²) in [5, 5.41) is 0. The topological polar surface area (TPSA) is 26.3 Å². The van der Waals surface area contributed by atoms with E-state index >= 15 is 0 Å². The summed E-state index contributed by atoms with van der Waals surface area (Å²) in [6, 6.07) is 0. The van der Waals surface area contributed by atoms with Crippen LogP contribution in [0, 0.1) is 0 Å². The summed E-state index contributed by atoms with van der Waals surface area (Å²) in [4.78, 5) is 11.2. The van der Waals surface area contributed by atoms with E-state index in [1.54, 1.807) is 6.08 Å². The molecule has 0 aliphatic carbocycles. The van der Waals surface area contributed by atoms with Gasteiger partial charge in [-0.3, -0.25) is 4.79 Å². The third-order valence-electron chi connectivity index (χ3n) is 2.15. The summed E-state index contributed by atoms with van der Waals surface area (Å²) in [6.07, 6.45) is 6.91. The lowest BCUT2D eigenvalue weighted by atomic mass is 10.1. The zero-order valence-electron chi connectivity index (χ0n) is 8.08. The molecule has 1 aliphatic heterocycles. The maximum atomic E-state index is 11.2. The number of rotatable bonds is 1. The van der Waals surface area contributed by atoms with E-state index in [1.165, 1.54) is 5.57 Å². The first-order valence-corrected chi connectivity index (χ1v) is 4.70. The fraction of sp³-hybridized carbons (Fsp3) is 0.545. The molecule has 2 nitrogen and oxygen atoms in total. The fourth-order valence-corrected chi connectivity index (χ4v) is 1.40. The second-order valence-electron chi connectivity index (χ2n) is 3.41. The molecule has 0 amide bonds. The smallest absolute Gasteiger partial charge is 0.306 e. The number of hydrogen-bond acceptors (Lipinski definition) is 2. The van der Waals surface area contributed by atoms with E-state index in [1.807, 2.05) is 0 Å². The van der Waals surface area contributed by atoms with Crippen LogP contribution >= 0.6 is 0 Å². The molecule has 1 heterocycles. The summed E-state index contributed by atoms with van der Waals surface area (Å²) in [5.41, 5.74) is 1.28. The Balaban J connectivity index is 2.63. The number of hydrogen-bond donors (Lipinski definition) is 0. The van der Waals surface area contributed by atoms with Gasteiger partial charge in [0.25, 0.3) is 0 Å². The molecule has 1 aliphatic rings. The first-order valence-electron chi connectivity index (χ1n) is 4.70. The molecule has 0 saturated heterocycles. The van der Waals surface area contributed by atoms with Crippen LogP contribution in [0.4, 0.5) is 0 Å². The summed E-state index contributed by atoms with van der Waals surface area (Å²) in [7, 11) is 0. The summed E-state index contributed by atoms with van der Waals surface area (Å²) < 4.78 is 5.19. The maximum absolute atomic E-state index is 11.2. The molecule has 13 heavy (non-hydrogen) atoms. The van der Waals surface area contributed by atoms with E-state index in [0.29, 0.717) is 6.42 Å². The second kappa shape index (κ2) is 4.85. The molecule has 0 spiro atoms. The van der Waals surface area contributed by atoms with Crippen LogP contribution in [0.2, 0.25) is 0 Å². The van der Waals surface area contributed by atoms with Gasteiger partial charge < -0.3 is 4.74 Å². The van der Waals surface area contributed by atoms with Gasteiger partial charge in [-0.2, -0.15) is 0 Å². The third-order valence-corrected chi connectivity index (χ3v) is 2.15. The second-order valence-corrected chi connectivity index (χ2v) is 3.41. The normalized spacial score (nSPS) is 24.8. The lowest BCUT2D eigenvalue weighted by Gasteiger charge is -2.12. The Bertz CT molecular complexity index is 228. The number of cyclic esters (lactones) is 1. The van der Waals surface area contributed by atoms with E-state index in [2.05, 4.69) is 19.6 Å². The van der Waals surface area contributed by atoms with Gasteiger partial charge in [-0.1, -0.05) is 24.3 Å². The summed E-state index contributed by atoms with van der Waals surface area (Å²) >= 11 is 0. The van der Waals surface area contributed by atoms with E-state index in [0.717, 1.165) is 19.3 Å². The zero-order valence-corrected chi connectivity index (χ0v) is 8.08. The Labute approximate surface area is 79.3 Å². The van der Waals surface area contributed by atoms with Crippen LogP contribution in [0.25, 0.3) is 0 Å². The largest absolute Gasteiger partial charge is 0.458 e. The Hall–Kier alpha value is -1.05. The fourth-order valence-electron chi connectivity index (χ4n) is 1.40. The predicted octanol–water partition coefficient (Wildman–Crippen LogP) is 2.60. The highest BCUT2D eigenvalue weighted by Crippen LogP contribution is 2.15. The van der Waals surface area contributed by atoms with E-state index in [-0.39, 0.29) is 12.1 Å². The summed E-state index contributed by atoms with van der Waals surface area (Å²) in [6.45, 7) is 5.72. The monoisotopic (exact) mass is 180 g/mol. The van der Waals surface area contributed by atoms with Crippen molar-refractivity contribution in [2.45, 2.75) is 38.7 Å². The van der Waals surface area contributed by atoms with Crippen LogP contribution in [0.3, 0.4) is 0 Å². The van der Waals surface area contributed by atoms with Gasteiger partial charge in [0.05, 0.1) is 0 Å². The molecule has 0 aromatic rings. The van der Waals surface area contributed by atoms with Gasteiger partial charge in [0, 0.05) is 12.8 Å². The lowest BCUT2D eigenvalue weighted by molar-refractivity contribution is -0.146. The molecule has 1 rings (SSSR count). The average Bonchev–Trinajstić information content (AvgIpc) is 2.17. The Morgan fingerprint density at radius 3 is 3.15 bits per heavy atom. The van der Waals surface area contributed by atoms with Crippen LogP contribution in [-0.4, -0.2) is 12.1 Å². The minimum Gasteiger partial charge on any atom is -0.458 e. The number of carbonyl (C=O) groups is 1. The highest BCUT2D eigenvalue weighted by molar-refractivity contribution is 5.69. The van der Waals surface area contributed by atoms with Gasteiger partial charge in [0.15, 0.2) is 0 Å². The van der Waals surface area contributed by atoms with Gasteiger partial charge in [0.1, 0.15) is 6.10 Å². The van der Waals surface area contributed by atoms with E-state index in [4.69, 9.17) is 4.74 Å². The van der Waals surface area contributed by atoms with E-state index in [9.17, 15) is 4.79 Å². The van der Waals surface area contributed by atoms with Crippen molar-refractivity contribution in [3.8, 4) is 0 Å². The molecule has 72 valence electrons. The van der Waals surface area contributed by atoms with Gasteiger partial charge in [0.2, 0.25) is 0 Å². The Morgan fingerprint density at radius 1 is 1.69 bits per heavy atom. The van der Waals surface area contributed by atoms with Crippen LogP contribution < -0.4 is 0 Å². The average molecular weight is 180 g/mol. The lowest BCUT2D eigenvalue weighted by Crippen LogP contribution is -2.15. The van der Waals surface area contributed by atoms with Crippen molar-refractivity contribution in [1.29, 1.82) is 0 Å². The van der Waals surface area contributed by atoms with Gasteiger partial charge >= 0.3 is 5.97 Å².